The second-order valence-corrected chi connectivity index (χ2v) is 1.61. The van der Waals surface area contributed by atoms with Crippen LogP contribution in [0.15, 0.2) is 0 Å². The summed E-state index contributed by atoms with van der Waals surface area (Å²) >= 11 is 0. The molecular formula is C4H8O4. The third kappa shape index (κ3) is 1.41. The Morgan fingerprint density at radius 3 is 3.00 bits per heavy atom. The van der Waals surface area contributed by atoms with E-state index in [0.717, 1.165) is 12.8 Å². The molecule has 0 radical (unpaired) electrons. The highest BCUT2D eigenvalue weighted by atomic mass is 17.5. The molecule has 4 heteroatoms. The van der Waals surface area contributed by atoms with Crippen LogP contribution in [0.3, 0.4) is 0 Å². The first-order chi connectivity index (χ1) is 3.93. The van der Waals surface area contributed by atoms with Gasteiger partial charge in [-0.1, -0.05) is 5.04 Å². The van der Waals surface area contributed by atoms with Gasteiger partial charge in [0.15, 0.2) is 6.29 Å². The van der Waals surface area contributed by atoms with E-state index in [1.165, 1.54) is 0 Å². The van der Waals surface area contributed by atoms with Crippen molar-refractivity contribution in [1.82, 2.24) is 0 Å². The first-order valence-corrected chi connectivity index (χ1v) is 2.52. The summed E-state index contributed by atoms with van der Waals surface area (Å²) in [6.45, 7) is 0.689. The molecule has 1 rings (SSSR count). The van der Waals surface area contributed by atoms with E-state index in [-0.39, 0.29) is 6.29 Å². The molecule has 0 saturated carbocycles. The molecule has 0 spiro atoms. The van der Waals surface area contributed by atoms with Gasteiger partial charge in [-0.2, -0.15) is 4.89 Å². The maximum atomic E-state index is 7.72. The molecule has 1 N–H and O–H groups in total. The van der Waals surface area contributed by atoms with Gasteiger partial charge < -0.3 is 4.74 Å². The van der Waals surface area contributed by atoms with Gasteiger partial charge in [0.1, 0.15) is 0 Å². The van der Waals surface area contributed by atoms with Crippen molar-refractivity contribution >= 4 is 0 Å². The Kier molecular flexibility index (Phi) is 2.23. The van der Waals surface area contributed by atoms with Crippen molar-refractivity contribution in [2.75, 3.05) is 6.61 Å². The van der Waals surface area contributed by atoms with Crippen LogP contribution in [0, 0.1) is 0 Å². The van der Waals surface area contributed by atoms with Gasteiger partial charge in [0.05, 0.1) is 6.61 Å². The zero-order valence-electron chi connectivity index (χ0n) is 4.37. The Morgan fingerprint density at radius 1 is 1.62 bits per heavy atom. The van der Waals surface area contributed by atoms with Gasteiger partial charge in [-0.3, -0.25) is 0 Å². The predicted octanol–water partition coefficient (Wildman–Crippen LogP) is 0.544. The fourth-order valence-electron chi connectivity index (χ4n) is 0.672. The maximum absolute atomic E-state index is 7.72. The van der Waals surface area contributed by atoms with Crippen molar-refractivity contribution in [1.29, 1.82) is 0 Å². The van der Waals surface area contributed by atoms with Crippen LogP contribution in [0.4, 0.5) is 0 Å². The molecule has 0 aromatic carbocycles. The highest BCUT2D eigenvalue weighted by molar-refractivity contribution is 4.51. The lowest BCUT2D eigenvalue weighted by Crippen LogP contribution is -2.08. The molecule has 0 bridgehead atoms. The Balaban J connectivity index is 2.06. The predicted molar refractivity (Wildman–Crippen MR) is 23.8 cm³/mol. The van der Waals surface area contributed by atoms with E-state index in [9.17, 15) is 0 Å². The molecular weight excluding hydrogens is 112 g/mol. The molecule has 1 atom stereocenters. The Morgan fingerprint density at radius 2 is 2.50 bits per heavy atom. The molecule has 1 heterocycles. The summed E-state index contributed by atoms with van der Waals surface area (Å²) in [4.78, 5) is 4.24. The summed E-state index contributed by atoms with van der Waals surface area (Å²) in [6, 6.07) is 0. The first kappa shape index (κ1) is 5.97. The second-order valence-electron chi connectivity index (χ2n) is 1.61. The lowest BCUT2D eigenvalue weighted by atomic mass is 10.4. The number of rotatable bonds is 2. The molecule has 48 valence electrons. The van der Waals surface area contributed by atoms with E-state index in [0.29, 0.717) is 6.61 Å². The minimum absolute atomic E-state index is 0.361. The molecule has 8 heavy (non-hydrogen) atoms. The largest absolute Gasteiger partial charge is 0.350 e. The zero-order valence-corrected chi connectivity index (χ0v) is 4.37. The third-order valence-electron chi connectivity index (χ3n) is 1.04. The summed E-state index contributed by atoms with van der Waals surface area (Å²) in [6.07, 6.45) is 1.40. The van der Waals surface area contributed by atoms with Gasteiger partial charge in [-0.25, -0.2) is 5.26 Å². The molecule has 0 aromatic heterocycles. The fourth-order valence-corrected chi connectivity index (χ4v) is 0.672. The lowest BCUT2D eigenvalue weighted by molar-refractivity contribution is -0.526. The average molecular weight is 120 g/mol. The summed E-state index contributed by atoms with van der Waals surface area (Å²) in [5, 5.41) is 11.1. The quantitative estimate of drug-likeness (QED) is 0.427. The van der Waals surface area contributed by atoms with Crippen molar-refractivity contribution in [3.8, 4) is 0 Å². The van der Waals surface area contributed by atoms with Crippen LogP contribution in [0.5, 0.6) is 0 Å². The summed E-state index contributed by atoms with van der Waals surface area (Å²) in [5.41, 5.74) is 0. The van der Waals surface area contributed by atoms with Crippen LogP contribution in [0.25, 0.3) is 0 Å². The number of hydrogen-bond acceptors (Lipinski definition) is 4. The van der Waals surface area contributed by atoms with Crippen molar-refractivity contribution < 1.29 is 19.9 Å². The smallest absolute Gasteiger partial charge is 0.194 e. The van der Waals surface area contributed by atoms with Crippen LogP contribution in [-0.4, -0.2) is 18.2 Å². The van der Waals surface area contributed by atoms with Gasteiger partial charge in [0, 0.05) is 6.42 Å². The highest BCUT2D eigenvalue weighted by Crippen LogP contribution is 2.12. The van der Waals surface area contributed by atoms with Crippen LogP contribution in [0.1, 0.15) is 12.8 Å². The SMILES string of the molecule is OOOC1CCCO1. The van der Waals surface area contributed by atoms with Crippen LogP contribution in [-0.2, 0) is 14.7 Å². The van der Waals surface area contributed by atoms with E-state index in [4.69, 9.17) is 9.99 Å². The van der Waals surface area contributed by atoms with Gasteiger partial charge in [-0.05, 0) is 6.42 Å². The molecule has 1 fully saturated rings. The van der Waals surface area contributed by atoms with E-state index < -0.39 is 0 Å². The lowest BCUT2D eigenvalue weighted by Gasteiger charge is -2.02. The van der Waals surface area contributed by atoms with Crippen molar-refractivity contribution in [2.45, 2.75) is 19.1 Å². The van der Waals surface area contributed by atoms with Gasteiger partial charge in [0.2, 0.25) is 0 Å². The van der Waals surface area contributed by atoms with Crippen molar-refractivity contribution in [3.63, 3.8) is 0 Å². The topological polar surface area (TPSA) is 47.9 Å². The van der Waals surface area contributed by atoms with E-state index in [1.54, 1.807) is 0 Å². The monoisotopic (exact) mass is 120 g/mol. The van der Waals surface area contributed by atoms with Gasteiger partial charge in [0.25, 0.3) is 0 Å². The van der Waals surface area contributed by atoms with E-state index in [1.807, 2.05) is 0 Å². The molecule has 0 aliphatic carbocycles. The van der Waals surface area contributed by atoms with Gasteiger partial charge in [-0.15, -0.1) is 0 Å². The summed E-state index contributed by atoms with van der Waals surface area (Å²) < 4.78 is 4.89. The van der Waals surface area contributed by atoms with E-state index >= 15 is 0 Å². The molecule has 0 amide bonds. The van der Waals surface area contributed by atoms with Crippen LogP contribution >= 0.6 is 0 Å². The molecule has 4 nitrogen and oxygen atoms in total. The summed E-state index contributed by atoms with van der Waals surface area (Å²) in [5.74, 6) is 0. The number of ether oxygens (including phenoxy) is 1. The molecule has 0 aromatic rings. The normalized spacial score (nSPS) is 28.9. The standard InChI is InChI=1S/C4H8O4/c5-8-7-4-2-1-3-6-4/h4-5H,1-3H2. The van der Waals surface area contributed by atoms with Crippen molar-refractivity contribution in [3.05, 3.63) is 0 Å². The van der Waals surface area contributed by atoms with Crippen LogP contribution < -0.4 is 0 Å². The maximum Gasteiger partial charge on any atom is 0.194 e. The second kappa shape index (κ2) is 2.99. The van der Waals surface area contributed by atoms with Crippen molar-refractivity contribution in [2.24, 2.45) is 0 Å². The minimum atomic E-state index is -0.361. The summed E-state index contributed by atoms with van der Waals surface area (Å²) in [7, 11) is 0. The average Bonchev–Trinajstić information content (AvgIpc) is 2.19. The number of hydrogen-bond donors (Lipinski definition) is 1. The first-order valence-electron chi connectivity index (χ1n) is 2.52. The molecule has 1 aliphatic rings. The Hall–Kier alpha value is -0.160. The van der Waals surface area contributed by atoms with E-state index in [2.05, 4.69) is 9.93 Å². The Bertz CT molecular complexity index is 59.1. The molecule has 1 unspecified atom stereocenters. The zero-order chi connectivity index (χ0) is 5.82. The van der Waals surface area contributed by atoms with Gasteiger partial charge >= 0.3 is 0 Å². The van der Waals surface area contributed by atoms with Crippen LogP contribution in [0.2, 0.25) is 0 Å². The third-order valence-corrected chi connectivity index (χ3v) is 1.04. The highest BCUT2D eigenvalue weighted by Gasteiger charge is 2.16. The Labute approximate surface area is 46.8 Å². The molecule has 1 saturated heterocycles. The molecule has 1 aliphatic heterocycles. The minimum Gasteiger partial charge on any atom is -0.350 e. The fraction of sp³-hybridized carbons (Fsp3) is 1.00.